The number of rotatable bonds is 9. The summed E-state index contributed by atoms with van der Waals surface area (Å²) in [6, 6.07) is 15.8. The van der Waals surface area contributed by atoms with Gasteiger partial charge in [-0.25, -0.2) is 4.79 Å². The van der Waals surface area contributed by atoms with Crippen LogP contribution in [0.3, 0.4) is 0 Å². The molecule has 1 heterocycles. The number of nitrogens with one attached hydrogen (secondary N) is 2. The van der Waals surface area contributed by atoms with E-state index in [0.29, 0.717) is 37.3 Å². The van der Waals surface area contributed by atoms with Gasteiger partial charge in [-0.1, -0.05) is 30.3 Å². The van der Waals surface area contributed by atoms with Crippen LogP contribution < -0.4 is 16.0 Å². The van der Waals surface area contributed by atoms with Crippen LogP contribution in [-0.2, 0) is 20.7 Å². The first kappa shape index (κ1) is 28.7. The van der Waals surface area contributed by atoms with Crippen LogP contribution in [0, 0.1) is 11.8 Å². The van der Waals surface area contributed by atoms with E-state index in [1.54, 1.807) is 29.2 Å². The van der Waals surface area contributed by atoms with Gasteiger partial charge < -0.3 is 15.8 Å². The number of H-pyrrole nitrogens is 1. The number of hydrogen-bond acceptors (Lipinski definition) is 7. The van der Waals surface area contributed by atoms with Gasteiger partial charge in [0.1, 0.15) is 11.6 Å². The highest BCUT2D eigenvalue weighted by atomic mass is 16.6. The Balaban J connectivity index is 1.50. The fraction of sp³-hybridized carbons (Fsp3) is 0.448. The number of nitrogens with two attached hydrogens (primary N) is 1. The Hall–Kier alpha value is -4.28. The SMILES string of the molecule is CC(C)(C)OC(=O)NC[C@H]1CC[C@H](C(=O)N(c2ccc(-c3nn[nH]n3)cc2)[C@@H](Cc2ccccc2)C(N)=O)CC1. The minimum atomic E-state index is -0.863. The van der Waals surface area contributed by atoms with Crippen molar-refractivity contribution in [2.24, 2.45) is 17.6 Å². The lowest BCUT2D eigenvalue weighted by atomic mass is 9.81. The lowest BCUT2D eigenvalue weighted by Crippen LogP contribution is -2.52. The highest BCUT2D eigenvalue weighted by molar-refractivity contribution is 6.01. The van der Waals surface area contributed by atoms with Gasteiger partial charge >= 0.3 is 6.09 Å². The van der Waals surface area contributed by atoms with Crippen molar-refractivity contribution in [2.75, 3.05) is 11.4 Å². The number of aromatic amines is 1. The van der Waals surface area contributed by atoms with Gasteiger partial charge in [-0.3, -0.25) is 14.5 Å². The summed E-state index contributed by atoms with van der Waals surface area (Å²) in [6.45, 7) is 5.97. The number of alkyl carbamates (subject to hydrolysis) is 1. The number of aromatic nitrogens is 4. The molecule has 40 heavy (non-hydrogen) atoms. The highest BCUT2D eigenvalue weighted by Gasteiger charge is 2.36. The number of tetrazole rings is 1. The largest absolute Gasteiger partial charge is 0.444 e. The van der Waals surface area contributed by atoms with Crippen LogP contribution in [-0.4, -0.2) is 56.7 Å². The van der Waals surface area contributed by atoms with Crippen LogP contribution >= 0.6 is 0 Å². The molecule has 4 rings (SSSR count). The summed E-state index contributed by atoms with van der Waals surface area (Å²) in [5.74, 6) is -0.304. The number of primary amides is 1. The van der Waals surface area contributed by atoms with Crippen molar-refractivity contribution in [3.63, 3.8) is 0 Å². The second-order valence-electron chi connectivity index (χ2n) is 11.2. The van der Waals surface area contributed by atoms with Gasteiger partial charge in [0, 0.05) is 30.1 Å². The van der Waals surface area contributed by atoms with Crippen molar-refractivity contribution in [1.29, 1.82) is 0 Å². The first-order valence-electron chi connectivity index (χ1n) is 13.6. The van der Waals surface area contributed by atoms with E-state index in [0.717, 1.165) is 24.0 Å². The third-order valence-electron chi connectivity index (χ3n) is 7.03. The van der Waals surface area contributed by atoms with E-state index < -0.39 is 23.6 Å². The summed E-state index contributed by atoms with van der Waals surface area (Å²) < 4.78 is 5.33. The molecular formula is C29H37N7O4. The summed E-state index contributed by atoms with van der Waals surface area (Å²) in [5.41, 5.74) is 7.56. The zero-order chi connectivity index (χ0) is 28.7. The molecule has 1 atom stereocenters. The fourth-order valence-corrected chi connectivity index (χ4v) is 5.02. The standard InChI is InChI=1S/C29H37N7O4/c1-29(2,3)40-28(39)31-18-20-9-11-22(12-10-20)27(38)36(24(25(30)37)17-19-7-5-4-6-8-19)23-15-13-21(14-16-23)26-32-34-35-33-26/h4-8,13-16,20,22,24H,9-12,17-18H2,1-3H3,(H2,30,37)(H,31,39)(H,32,33,34,35)/t20-,22-,24-/m0/s1. The zero-order valence-electron chi connectivity index (χ0n) is 23.2. The number of benzene rings is 2. The van der Waals surface area contributed by atoms with Gasteiger partial charge in [0.05, 0.1) is 0 Å². The average Bonchev–Trinajstić information content (AvgIpc) is 3.47. The Bertz CT molecular complexity index is 1270. The summed E-state index contributed by atoms with van der Waals surface area (Å²) in [4.78, 5) is 40.5. The molecule has 1 aliphatic rings. The predicted molar refractivity (Wildman–Crippen MR) is 150 cm³/mol. The van der Waals surface area contributed by atoms with Gasteiger partial charge in [0.15, 0.2) is 0 Å². The van der Waals surface area contributed by atoms with Crippen LogP contribution in [0.1, 0.15) is 52.0 Å². The molecule has 3 amide bonds. The van der Waals surface area contributed by atoms with Crippen LogP contribution in [0.15, 0.2) is 54.6 Å². The van der Waals surface area contributed by atoms with Gasteiger partial charge in [-0.2, -0.15) is 5.21 Å². The van der Waals surface area contributed by atoms with E-state index in [2.05, 4.69) is 25.9 Å². The number of amides is 3. The van der Waals surface area contributed by atoms with Crippen molar-refractivity contribution < 1.29 is 19.1 Å². The maximum Gasteiger partial charge on any atom is 0.407 e. The van der Waals surface area contributed by atoms with E-state index >= 15 is 0 Å². The maximum absolute atomic E-state index is 14.1. The first-order chi connectivity index (χ1) is 19.1. The van der Waals surface area contributed by atoms with Crippen molar-refractivity contribution in [2.45, 2.75) is 64.5 Å². The van der Waals surface area contributed by atoms with Crippen LogP contribution in [0.25, 0.3) is 11.4 Å². The fourth-order valence-electron chi connectivity index (χ4n) is 5.02. The van der Waals surface area contributed by atoms with E-state index in [1.165, 1.54) is 0 Å². The normalized spacial score (nSPS) is 18.0. The third-order valence-corrected chi connectivity index (χ3v) is 7.03. The third kappa shape index (κ3) is 7.64. The molecule has 212 valence electrons. The van der Waals surface area contributed by atoms with Gasteiger partial charge in [0.2, 0.25) is 17.6 Å². The molecule has 0 aliphatic heterocycles. The Kier molecular flexibility index (Phi) is 9.13. The number of carbonyl (C=O) groups is 3. The lowest BCUT2D eigenvalue weighted by Gasteiger charge is -2.36. The summed E-state index contributed by atoms with van der Waals surface area (Å²) in [5, 5.41) is 16.9. The van der Waals surface area contributed by atoms with Crippen molar-refractivity contribution in [3.8, 4) is 11.4 Å². The second kappa shape index (κ2) is 12.7. The smallest absolute Gasteiger partial charge is 0.407 e. The van der Waals surface area contributed by atoms with Crippen LogP contribution in [0.5, 0.6) is 0 Å². The van der Waals surface area contributed by atoms with Crippen molar-refractivity contribution in [1.82, 2.24) is 25.9 Å². The molecule has 4 N–H and O–H groups in total. The number of ether oxygens (including phenoxy) is 1. The van der Waals surface area contributed by atoms with E-state index in [4.69, 9.17) is 10.5 Å². The molecule has 0 bridgehead atoms. The van der Waals surface area contributed by atoms with E-state index in [9.17, 15) is 14.4 Å². The Morgan fingerprint density at radius 2 is 1.73 bits per heavy atom. The molecule has 1 aromatic heterocycles. The molecule has 0 radical (unpaired) electrons. The quantitative estimate of drug-likeness (QED) is 0.369. The van der Waals surface area contributed by atoms with Crippen molar-refractivity contribution >= 4 is 23.6 Å². The summed E-state index contributed by atoms with van der Waals surface area (Å²) in [7, 11) is 0. The summed E-state index contributed by atoms with van der Waals surface area (Å²) in [6.07, 6.45) is 2.70. The second-order valence-corrected chi connectivity index (χ2v) is 11.2. The monoisotopic (exact) mass is 547 g/mol. The summed E-state index contributed by atoms with van der Waals surface area (Å²) >= 11 is 0. The topological polar surface area (TPSA) is 156 Å². The van der Waals surface area contributed by atoms with Crippen LogP contribution in [0.2, 0.25) is 0 Å². The van der Waals surface area contributed by atoms with Gasteiger partial charge in [-0.05, 0) is 87.4 Å². The lowest BCUT2D eigenvalue weighted by molar-refractivity contribution is -0.127. The molecule has 1 aliphatic carbocycles. The van der Waals surface area contributed by atoms with E-state index in [1.807, 2.05) is 51.1 Å². The first-order valence-corrected chi connectivity index (χ1v) is 13.6. The molecule has 0 unspecified atom stereocenters. The van der Waals surface area contributed by atoms with Crippen LogP contribution in [0.4, 0.5) is 10.5 Å². The van der Waals surface area contributed by atoms with Crippen molar-refractivity contribution in [3.05, 3.63) is 60.2 Å². The number of anilines is 1. The molecule has 1 fully saturated rings. The predicted octanol–water partition coefficient (Wildman–Crippen LogP) is 3.63. The molecule has 0 spiro atoms. The number of carbonyl (C=O) groups excluding carboxylic acids is 3. The average molecular weight is 548 g/mol. The number of hydrogen-bond donors (Lipinski definition) is 3. The Morgan fingerprint density at radius 1 is 1.05 bits per heavy atom. The molecule has 11 nitrogen and oxygen atoms in total. The molecular weight excluding hydrogens is 510 g/mol. The molecule has 2 aromatic carbocycles. The molecule has 3 aromatic rings. The molecule has 11 heteroatoms. The zero-order valence-corrected chi connectivity index (χ0v) is 23.2. The van der Waals surface area contributed by atoms with Gasteiger partial charge in [0.25, 0.3) is 0 Å². The Labute approximate surface area is 233 Å². The molecule has 1 saturated carbocycles. The minimum Gasteiger partial charge on any atom is -0.444 e. The molecule has 0 saturated heterocycles. The maximum atomic E-state index is 14.1. The minimum absolute atomic E-state index is 0.134. The van der Waals surface area contributed by atoms with E-state index in [-0.39, 0.29) is 17.7 Å². The van der Waals surface area contributed by atoms with Gasteiger partial charge in [-0.15, -0.1) is 10.2 Å². The highest BCUT2D eigenvalue weighted by Crippen LogP contribution is 2.33. The number of nitrogens with zero attached hydrogens (tertiary/aromatic N) is 4. The Morgan fingerprint density at radius 3 is 2.30 bits per heavy atom.